The van der Waals surface area contributed by atoms with E-state index in [0.717, 1.165) is 18.8 Å². The normalized spacial score (nSPS) is 18.7. The summed E-state index contributed by atoms with van der Waals surface area (Å²) in [7, 11) is 0. The van der Waals surface area contributed by atoms with Crippen molar-refractivity contribution in [3.05, 3.63) is 12.4 Å². The molecule has 184 valence electrons. The second-order valence-electron chi connectivity index (χ2n) is 10.3. The minimum atomic E-state index is -0.622. The van der Waals surface area contributed by atoms with E-state index in [1.54, 1.807) is 25.7 Å². The number of piperidine rings is 2. The van der Waals surface area contributed by atoms with Gasteiger partial charge in [0, 0.05) is 39.0 Å². The summed E-state index contributed by atoms with van der Waals surface area (Å²) in [6.07, 6.45) is 8.16. The Hall–Kier alpha value is -2.58. The molecule has 0 radical (unpaired) electrons. The van der Waals surface area contributed by atoms with Gasteiger partial charge in [-0.3, -0.25) is 4.79 Å². The minimum absolute atomic E-state index is 0.0359. The molecule has 1 aromatic heterocycles. The molecule has 2 saturated heterocycles. The highest BCUT2D eigenvalue weighted by atomic mass is 16.6. The van der Waals surface area contributed by atoms with Crippen LogP contribution in [0.3, 0.4) is 0 Å². The lowest BCUT2D eigenvalue weighted by Crippen LogP contribution is -2.54. The summed E-state index contributed by atoms with van der Waals surface area (Å²) < 4.78 is 11.3. The SMILES string of the molecule is CC(C)[C@H](NC(=O)OC(C)(C)C)C(=O)N1CCC(Oc2ncc(N3CCCCC3)cn2)CC1. The molecule has 2 fully saturated rings. The van der Waals surface area contributed by atoms with Crippen molar-refractivity contribution in [1.29, 1.82) is 0 Å². The molecule has 1 atom stereocenters. The van der Waals surface area contributed by atoms with Crippen LogP contribution in [-0.4, -0.2) is 70.8 Å². The highest BCUT2D eigenvalue weighted by Crippen LogP contribution is 2.21. The molecule has 1 N–H and O–H groups in total. The van der Waals surface area contributed by atoms with Crippen molar-refractivity contribution >= 4 is 17.7 Å². The molecule has 2 amide bonds. The standard InChI is InChI=1S/C24H39N5O4/c1-17(2)20(27-23(31)33-24(3,4)5)21(30)29-13-9-19(10-14-29)32-22-25-15-18(16-26-22)28-11-7-6-8-12-28/h15-17,19-20H,6-14H2,1-5H3,(H,27,31)/t20-/m0/s1. The molecule has 2 aliphatic heterocycles. The molecule has 0 saturated carbocycles. The zero-order valence-electron chi connectivity index (χ0n) is 20.7. The van der Waals surface area contributed by atoms with E-state index in [0.29, 0.717) is 31.9 Å². The number of hydrogen-bond acceptors (Lipinski definition) is 7. The Labute approximate surface area is 197 Å². The van der Waals surface area contributed by atoms with E-state index >= 15 is 0 Å². The van der Waals surface area contributed by atoms with Gasteiger partial charge in [0.25, 0.3) is 0 Å². The maximum absolute atomic E-state index is 13.1. The van der Waals surface area contributed by atoms with Gasteiger partial charge in [0.05, 0.1) is 18.1 Å². The van der Waals surface area contributed by atoms with Crippen LogP contribution in [-0.2, 0) is 9.53 Å². The highest BCUT2D eigenvalue weighted by molar-refractivity contribution is 5.86. The summed E-state index contributed by atoms with van der Waals surface area (Å²) in [6, 6.07) is -0.241. The molecule has 0 aromatic carbocycles. The number of nitrogens with zero attached hydrogens (tertiary/aromatic N) is 4. The molecule has 33 heavy (non-hydrogen) atoms. The number of amides is 2. The molecular formula is C24H39N5O4. The molecule has 0 unspecified atom stereocenters. The molecule has 0 bridgehead atoms. The Morgan fingerprint density at radius 1 is 1.03 bits per heavy atom. The number of rotatable bonds is 6. The van der Waals surface area contributed by atoms with Crippen LogP contribution >= 0.6 is 0 Å². The maximum Gasteiger partial charge on any atom is 0.408 e. The van der Waals surface area contributed by atoms with E-state index in [4.69, 9.17) is 9.47 Å². The van der Waals surface area contributed by atoms with Crippen molar-refractivity contribution < 1.29 is 19.1 Å². The molecule has 1 aromatic rings. The van der Waals surface area contributed by atoms with Crippen molar-refractivity contribution in [2.45, 2.75) is 84.5 Å². The van der Waals surface area contributed by atoms with E-state index < -0.39 is 17.7 Å². The number of anilines is 1. The zero-order chi connectivity index (χ0) is 24.0. The molecule has 0 spiro atoms. The van der Waals surface area contributed by atoms with Gasteiger partial charge in [0.1, 0.15) is 17.7 Å². The molecule has 3 heterocycles. The van der Waals surface area contributed by atoms with E-state index in [9.17, 15) is 9.59 Å². The second kappa shape index (κ2) is 11.0. The quantitative estimate of drug-likeness (QED) is 0.693. The van der Waals surface area contributed by atoms with Crippen molar-refractivity contribution in [2.24, 2.45) is 5.92 Å². The number of hydrogen-bond donors (Lipinski definition) is 1. The van der Waals surface area contributed by atoms with Crippen LogP contribution in [0.25, 0.3) is 0 Å². The van der Waals surface area contributed by atoms with E-state index in [1.807, 2.05) is 26.2 Å². The van der Waals surface area contributed by atoms with Crippen LogP contribution < -0.4 is 15.0 Å². The van der Waals surface area contributed by atoms with Gasteiger partial charge in [-0.05, 0) is 46.0 Å². The lowest BCUT2D eigenvalue weighted by Gasteiger charge is -2.35. The summed E-state index contributed by atoms with van der Waals surface area (Å²) in [5.74, 6) is -0.137. The molecule has 9 heteroatoms. The fourth-order valence-electron chi connectivity index (χ4n) is 4.17. The smallest absolute Gasteiger partial charge is 0.408 e. The van der Waals surface area contributed by atoms with Crippen LogP contribution in [0.15, 0.2) is 12.4 Å². The topological polar surface area (TPSA) is 96.9 Å². The summed E-state index contributed by atoms with van der Waals surface area (Å²) in [5.41, 5.74) is 0.429. The predicted octanol–water partition coefficient (Wildman–Crippen LogP) is 3.39. The average Bonchev–Trinajstić information content (AvgIpc) is 2.77. The van der Waals surface area contributed by atoms with Gasteiger partial charge in [0.15, 0.2) is 0 Å². The van der Waals surface area contributed by atoms with Gasteiger partial charge in [-0.15, -0.1) is 0 Å². The summed E-state index contributed by atoms with van der Waals surface area (Å²) in [5, 5.41) is 2.75. The van der Waals surface area contributed by atoms with Gasteiger partial charge in [-0.2, -0.15) is 0 Å². The van der Waals surface area contributed by atoms with Crippen molar-refractivity contribution in [1.82, 2.24) is 20.2 Å². The van der Waals surface area contributed by atoms with Gasteiger partial charge < -0.3 is 24.6 Å². The molecule has 0 aliphatic carbocycles. The third-order valence-corrected chi connectivity index (χ3v) is 5.97. The minimum Gasteiger partial charge on any atom is -0.460 e. The first-order chi connectivity index (χ1) is 15.6. The first-order valence-corrected chi connectivity index (χ1v) is 12.1. The fraction of sp³-hybridized carbons (Fsp3) is 0.750. The number of ether oxygens (including phenoxy) is 2. The van der Waals surface area contributed by atoms with Gasteiger partial charge in [-0.1, -0.05) is 13.8 Å². The monoisotopic (exact) mass is 461 g/mol. The number of likely N-dealkylation sites (tertiary alicyclic amines) is 1. The number of alkyl carbamates (subject to hydrolysis) is 1. The first kappa shape index (κ1) is 25.1. The van der Waals surface area contributed by atoms with Gasteiger partial charge in [-0.25, -0.2) is 14.8 Å². The Bertz CT molecular complexity index is 779. The largest absolute Gasteiger partial charge is 0.460 e. The number of nitrogens with one attached hydrogen (secondary N) is 1. The molecule has 9 nitrogen and oxygen atoms in total. The Kier molecular flexibility index (Phi) is 8.37. The zero-order valence-corrected chi connectivity index (χ0v) is 20.7. The van der Waals surface area contributed by atoms with Gasteiger partial charge in [0.2, 0.25) is 5.91 Å². The average molecular weight is 462 g/mol. The van der Waals surface area contributed by atoms with Crippen LogP contribution in [0.2, 0.25) is 0 Å². The van der Waals surface area contributed by atoms with E-state index in [1.165, 1.54) is 19.3 Å². The summed E-state index contributed by atoms with van der Waals surface area (Å²) in [4.78, 5) is 38.2. The molecule has 3 rings (SSSR count). The van der Waals surface area contributed by atoms with Crippen molar-refractivity contribution in [2.75, 3.05) is 31.1 Å². The Morgan fingerprint density at radius 3 is 2.18 bits per heavy atom. The van der Waals surface area contributed by atoms with Crippen molar-refractivity contribution in [3.63, 3.8) is 0 Å². The van der Waals surface area contributed by atoms with E-state index in [-0.39, 0.29) is 17.9 Å². The van der Waals surface area contributed by atoms with Crippen molar-refractivity contribution in [3.8, 4) is 6.01 Å². The van der Waals surface area contributed by atoms with Crippen LogP contribution in [0.1, 0.15) is 66.7 Å². The summed E-state index contributed by atoms with van der Waals surface area (Å²) in [6.45, 7) is 12.5. The molecule has 2 aliphatic rings. The maximum atomic E-state index is 13.1. The number of carbonyl (C=O) groups excluding carboxylic acids is 2. The molecular weight excluding hydrogens is 422 g/mol. The van der Waals surface area contributed by atoms with Crippen LogP contribution in [0, 0.1) is 5.92 Å². The van der Waals surface area contributed by atoms with Gasteiger partial charge >= 0.3 is 12.1 Å². The second-order valence-corrected chi connectivity index (χ2v) is 10.3. The Balaban J connectivity index is 1.48. The first-order valence-electron chi connectivity index (χ1n) is 12.1. The number of carbonyl (C=O) groups is 2. The summed E-state index contributed by atoms with van der Waals surface area (Å²) >= 11 is 0. The third-order valence-electron chi connectivity index (χ3n) is 5.97. The Morgan fingerprint density at radius 2 is 1.64 bits per heavy atom. The lowest BCUT2D eigenvalue weighted by molar-refractivity contribution is -0.136. The third kappa shape index (κ3) is 7.47. The number of aromatic nitrogens is 2. The van der Waals surface area contributed by atoms with Crippen LogP contribution in [0.4, 0.5) is 10.5 Å². The lowest BCUT2D eigenvalue weighted by atomic mass is 10.0. The van der Waals surface area contributed by atoms with E-state index in [2.05, 4.69) is 20.2 Å². The van der Waals surface area contributed by atoms with Crippen LogP contribution in [0.5, 0.6) is 6.01 Å². The fourth-order valence-corrected chi connectivity index (χ4v) is 4.17. The predicted molar refractivity (Wildman–Crippen MR) is 126 cm³/mol. The highest BCUT2D eigenvalue weighted by Gasteiger charge is 2.33.